The average molecular weight is 422 g/mol. The molecule has 3 unspecified atom stereocenters. The van der Waals surface area contributed by atoms with E-state index in [-0.39, 0.29) is 37.3 Å². The number of hydrogen-bond donors (Lipinski definition) is 1. The fraction of sp³-hybridized carbons (Fsp3) is 0.500. The number of likely N-dealkylation sites (tertiary alicyclic amines) is 1. The first kappa shape index (κ1) is 21.1. The number of nitrogens with zero attached hydrogens (tertiary/aromatic N) is 3. The first-order chi connectivity index (χ1) is 13.6. The lowest BCUT2D eigenvalue weighted by atomic mass is 10.0. The molecule has 2 aliphatic heterocycles. The molecule has 2 N–H and O–H groups in total. The summed E-state index contributed by atoms with van der Waals surface area (Å²) in [5.74, 6) is -1.76. The summed E-state index contributed by atoms with van der Waals surface area (Å²) in [7, 11) is -4.43. The zero-order valence-corrected chi connectivity index (χ0v) is 16.7. The first-order valence-electron chi connectivity index (χ1n) is 9.22. The fourth-order valence-electron chi connectivity index (χ4n) is 3.74. The molecule has 2 fully saturated rings. The molecule has 3 heterocycles. The van der Waals surface area contributed by atoms with Crippen LogP contribution in [-0.2, 0) is 24.4 Å². The monoisotopic (exact) mass is 422 g/mol. The molecule has 0 radical (unpaired) electrons. The predicted octanol–water partition coefficient (Wildman–Crippen LogP) is -0.693. The van der Waals surface area contributed by atoms with Gasteiger partial charge in [0.1, 0.15) is 6.04 Å². The summed E-state index contributed by atoms with van der Waals surface area (Å²) in [5.41, 5.74) is 5.11. The molecule has 156 valence electrons. The first-order valence-corrected chi connectivity index (χ1v) is 10.7. The third-order valence-electron chi connectivity index (χ3n) is 5.41. The lowest BCUT2D eigenvalue weighted by molar-refractivity contribution is -0.136. The van der Waals surface area contributed by atoms with Crippen molar-refractivity contribution in [1.82, 2.24) is 14.2 Å². The van der Waals surface area contributed by atoms with Crippen LogP contribution in [-0.4, -0.2) is 70.5 Å². The Kier molecular flexibility index (Phi) is 5.80. The summed E-state index contributed by atoms with van der Waals surface area (Å²) >= 11 is 0. The molecular formula is C18H22N4O6S. The third-order valence-corrected chi connectivity index (χ3v) is 7.14. The van der Waals surface area contributed by atoms with E-state index in [0.717, 1.165) is 10.5 Å². The molecular weight excluding hydrogens is 400 g/mol. The van der Waals surface area contributed by atoms with E-state index < -0.39 is 51.4 Å². The van der Waals surface area contributed by atoms with Crippen molar-refractivity contribution in [1.29, 1.82) is 0 Å². The molecule has 0 aliphatic carbocycles. The number of carbonyl (C=O) groups excluding carboxylic acids is 4. The molecule has 2 saturated heterocycles. The third kappa shape index (κ3) is 3.92. The number of Topliss-reactive ketones (excluding diaryl/α,β-unsaturated/α-hetero) is 1. The summed E-state index contributed by atoms with van der Waals surface area (Å²) < 4.78 is 26.6. The van der Waals surface area contributed by atoms with Crippen molar-refractivity contribution >= 4 is 32.7 Å². The normalized spacial score (nSPS) is 23.1. The summed E-state index contributed by atoms with van der Waals surface area (Å²) in [6.07, 6.45) is 3.10. The molecule has 0 saturated carbocycles. The van der Waals surface area contributed by atoms with Gasteiger partial charge in [-0.1, -0.05) is 6.92 Å². The molecule has 2 aliphatic rings. The van der Waals surface area contributed by atoms with E-state index in [0.29, 0.717) is 0 Å². The maximum atomic E-state index is 12.8. The molecule has 1 aromatic rings. The van der Waals surface area contributed by atoms with Gasteiger partial charge in [0, 0.05) is 31.3 Å². The van der Waals surface area contributed by atoms with Crippen LogP contribution < -0.4 is 5.73 Å². The molecule has 3 rings (SSSR count). The Morgan fingerprint density at radius 2 is 2.07 bits per heavy atom. The largest absolute Gasteiger partial charge is 0.369 e. The Labute approximate surface area is 168 Å². The summed E-state index contributed by atoms with van der Waals surface area (Å²) in [4.78, 5) is 53.8. The number of rotatable bonds is 6. The number of aromatic nitrogens is 1. The number of hydrogen-bond acceptors (Lipinski definition) is 7. The zero-order valence-electron chi connectivity index (χ0n) is 15.9. The van der Waals surface area contributed by atoms with E-state index in [1.807, 2.05) is 0 Å². The van der Waals surface area contributed by atoms with Crippen molar-refractivity contribution in [2.24, 2.45) is 11.7 Å². The Bertz CT molecular complexity index is 948. The zero-order chi connectivity index (χ0) is 21.3. The van der Waals surface area contributed by atoms with E-state index in [9.17, 15) is 27.6 Å². The molecule has 3 atom stereocenters. The van der Waals surface area contributed by atoms with Crippen molar-refractivity contribution < 1.29 is 27.6 Å². The van der Waals surface area contributed by atoms with Crippen molar-refractivity contribution in [2.75, 3.05) is 13.1 Å². The van der Waals surface area contributed by atoms with E-state index in [4.69, 9.17) is 5.73 Å². The summed E-state index contributed by atoms with van der Waals surface area (Å²) in [5, 5.41) is -1.13. The van der Waals surface area contributed by atoms with E-state index in [1.54, 1.807) is 6.92 Å². The van der Waals surface area contributed by atoms with Gasteiger partial charge in [-0.15, -0.1) is 0 Å². The lowest BCUT2D eigenvalue weighted by Gasteiger charge is -2.24. The Morgan fingerprint density at radius 3 is 2.69 bits per heavy atom. The summed E-state index contributed by atoms with van der Waals surface area (Å²) in [6, 6.07) is 1.10. The van der Waals surface area contributed by atoms with Crippen LogP contribution in [0.1, 0.15) is 36.5 Å². The van der Waals surface area contributed by atoms with E-state index in [1.165, 1.54) is 23.2 Å². The summed E-state index contributed by atoms with van der Waals surface area (Å²) in [6.45, 7) is 1.37. The highest BCUT2D eigenvalue weighted by Gasteiger charge is 2.54. The van der Waals surface area contributed by atoms with Gasteiger partial charge in [-0.2, -0.15) is 4.31 Å². The molecule has 0 bridgehead atoms. The number of fused-ring (bicyclic) bond motifs is 1. The van der Waals surface area contributed by atoms with Crippen molar-refractivity contribution in [3.8, 4) is 0 Å². The van der Waals surface area contributed by atoms with E-state index in [2.05, 4.69) is 4.98 Å². The van der Waals surface area contributed by atoms with Crippen molar-refractivity contribution in [3.63, 3.8) is 0 Å². The molecule has 10 nitrogen and oxygen atoms in total. The van der Waals surface area contributed by atoms with Crippen LogP contribution in [0.5, 0.6) is 0 Å². The maximum absolute atomic E-state index is 12.8. The number of pyridine rings is 1. The van der Waals surface area contributed by atoms with Crippen LogP contribution in [0, 0.1) is 5.92 Å². The van der Waals surface area contributed by atoms with Gasteiger partial charge >= 0.3 is 0 Å². The second kappa shape index (κ2) is 7.99. The van der Waals surface area contributed by atoms with Crippen LogP contribution in [0.3, 0.4) is 0 Å². The fourth-order valence-corrected chi connectivity index (χ4v) is 5.24. The maximum Gasteiger partial charge on any atom is 0.293 e. The predicted molar refractivity (Wildman–Crippen MR) is 101 cm³/mol. The molecule has 29 heavy (non-hydrogen) atoms. The molecule has 0 aromatic carbocycles. The van der Waals surface area contributed by atoms with Crippen LogP contribution in [0.2, 0.25) is 0 Å². The van der Waals surface area contributed by atoms with Crippen molar-refractivity contribution in [3.05, 3.63) is 30.1 Å². The molecule has 0 spiro atoms. The average Bonchev–Trinajstić information content (AvgIpc) is 3.27. The Balaban J connectivity index is 1.75. The second-order valence-electron chi connectivity index (χ2n) is 7.28. The van der Waals surface area contributed by atoms with Gasteiger partial charge in [-0.3, -0.25) is 24.2 Å². The standard InChI is InChI=1S/C18H22N4O6S/c1-11(17(19)25)4-5-15(24)21-8-6-13-16(21)14(23)10-22(13)29(27,28)18(26)12-3-2-7-20-9-12/h2-3,7,9,11,13,16H,4-6,8,10H2,1H3,(H2,19,25). The van der Waals surface area contributed by atoms with Crippen LogP contribution >= 0.6 is 0 Å². The van der Waals surface area contributed by atoms with Crippen LogP contribution in [0.25, 0.3) is 0 Å². The van der Waals surface area contributed by atoms with Crippen molar-refractivity contribution in [2.45, 2.75) is 38.3 Å². The van der Waals surface area contributed by atoms with Gasteiger partial charge in [-0.05, 0) is 25.0 Å². The molecule has 2 amide bonds. The SMILES string of the molecule is CC(CCC(=O)N1CCC2C1C(=O)CN2S(=O)(=O)C(=O)c1cccnc1)C(N)=O. The van der Waals surface area contributed by atoms with Gasteiger partial charge in [0.05, 0.1) is 18.2 Å². The minimum Gasteiger partial charge on any atom is -0.369 e. The minimum atomic E-state index is -4.43. The minimum absolute atomic E-state index is 0.0297. The lowest BCUT2D eigenvalue weighted by Crippen LogP contribution is -2.44. The number of primary amides is 1. The quantitative estimate of drug-likeness (QED) is 0.638. The number of ketones is 1. The Morgan fingerprint density at radius 1 is 1.34 bits per heavy atom. The molecule has 1 aromatic heterocycles. The Hall–Kier alpha value is -2.66. The number of nitrogens with two attached hydrogens (primary N) is 1. The number of carbonyl (C=O) groups is 4. The van der Waals surface area contributed by atoms with Gasteiger partial charge in [0.15, 0.2) is 5.78 Å². The number of amides is 2. The topological polar surface area (TPSA) is 148 Å². The van der Waals surface area contributed by atoms with Gasteiger partial charge in [-0.25, -0.2) is 8.42 Å². The van der Waals surface area contributed by atoms with Gasteiger partial charge in [0.2, 0.25) is 11.8 Å². The highest BCUT2D eigenvalue weighted by molar-refractivity contribution is 8.04. The number of sulfonamides is 1. The highest BCUT2D eigenvalue weighted by Crippen LogP contribution is 2.33. The van der Waals surface area contributed by atoms with E-state index >= 15 is 0 Å². The van der Waals surface area contributed by atoms with Crippen LogP contribution in [0.15, 0.2) is 24.5 Å². The molecule has 11 heteroatoms. The smallest absolute Gasteiger partial charge is 0.293 e. The van der Waals surface area contributed by atoms with Crippen LogP contribution in [0.4, 0.5) is 0 Å². The van der Waals surface area contributed by atoms with Gasteiger partial charge in [0.25, 0.3) is 15.1 Å². The van der Waals surface area contributed by atoms with Gasteiger partial charge < -0.3 is 10.6 Å². The highest BCUT2D eigenvalue weighted by atomic mass is 32.2. The second-order valence-corrected chi connectivity index (χ2v) is 9.07.